The number of hydrogen-bond donors (Lipinski definition) is 0. The number of halogens is 2. The van der Waals surface area contributed by atoms with Crippen LogP contribution in [0.2, 0.25) is 0 Å². The molecule has 1 fully saturated rings. The van der Waals surface area contributed by atoms with E-state index in [0.717, 1.165) is 26.9 Å². The van der Waals surface area contributed by atoms with E-state index in [0.29, 0.717) is 18.8 Å². The Kier molecular flexibility index (Phi) is 4.92. The molecule has 5 rings (SSSR count). The normalized spacial score (nSPS) is 19.6. The van der Waals surface area contributed by atoms with Crippen LogP contribution in [0, 0.1) is 12.8 Å². The highest BCUT2D eigenvalue weighted by atomic mass is 32.1. The maximum Gasteiger partial charge on any atom is 0.280 e. The lowest BCUT2D eigenvalue weighted by molar-refractivity contribution is 0.0669. The van der Waals surface area contributed by atoms with Gasteiger partial charge >= 0.3 is 0 Å². The zero-order valence-corrected chi connectivity index (χ0v) is 17.9. The monoisotopic (exact) mass is 441 g/mol. The topological polar surface area (TPSA) is 63.4 Å². The number of nitrogens with zero attached hydrogens (tertiary/aromatic N) is 5. The first-order chi connectivity index (χ1) is 14.9. The van der Waals surface area contributed by atoms with Crippen LogP contribution in [-0.4, -0.2) is 43.5 Å². The van der Waals surface area contributed by atoms with Gasteiger partial charge in [-0.3, -0.25) is 4.79 Å². The molecule has 2 atom stereocenters. The molecule has 3 aromatic heterocycles. The van der Waals surface area contributed by atoms with E-state index >= 15 is 0 Å². The second kappa shape index (κ2) is 7.64. The Balaban J connectivity index is 1.51. The molecular weight excluding hydrogens is 420 g/mol. The lowest BCUT2D eigenvalue weighted by atomic mass is 9.84. The van der Waals surface area contributed by atoms with Gasteiger partial charge in [-0.25, -0.2) is 18.3 Å². The molecule has 1 amide bonds. The van der Waals surface area contributed by atoms with Crippen molar-refractivity contribution in [2.75, 3.05) is 13.1 Å². The zero-order valence-electron chi connectivity index (χ0n) is 17.1. The quantitative estimate of drug-likeness (QED) is 0.456. The predicted octanol–water partition coefficient (Wildman–Crippen LogP) is 4.85. The highest BCUT2D eigenvalue weighted by Crippen LogP contribution is 2.36. The highest BCUT2D eigenvalue weighted by Gasteiger charge is 2.34. The molecule has 0 radical (unpaired) electrons. The molecule has 31 heavy (non-hydrogen) atoms. The van der Waals surface area contributed by atoms with E-state index in [1.807, 2.05) is 36.1 Å². The van der Waals surface area contributed by atoms with E-state index in [9.17, 15) is 13.6 Å². The number of thiophene rings is 1. The van der Waals surface area contributed by atoms with Gasteiger partial charge in [-0.2, -0.15) is 10.1 Å². The molecule has 0 spiro atoms. The van der Waals surface area contributed by atoms with Gasteiger partial charge in [-0.1, -0.05) is 25.1 Å². The van der Waals surface area contributed by atoms with Gasteiger partial charge in [0.05, 0.1) is 10.6 Å². The van der Waals surface area contributed by atoms with Crippen molar-refractivity contribution in [2.45, 2.75) is 32.6 Å². The number of carbonyl (C=O) groups excluding carboxylic acids is 1. The SMILES string of the molecule is Cc1c(C(=O)N2CC[C@@H](C)[C@H](c3cc(C(F)F)nc4ncnn34)C2)sc2ccccc12. The molecule has 1 aliphatic rings. The van der Waals surface area contributed by atoms with Crippen LogP contribution in [-0.2, 0) is 0 Å². The first-order valence-electron chi connectivity index (χ1n) is 10.2. The minimum atomic E-state index is -2.70. The van der Waals surface area contributed by atoms with Crippen LogP contribution < -0.4 is 0 Å². The van der Waals surface area contributed by atoms with Crippen LogP contribution in [0.25, 0.3) is 15.9 Å². The lowest BCUT2D eigenvalue weighted by Gasteiger charge is -2.37. The number of alkyl halides is 2. The summed E-state index contributed by atoms with van der Waals surface area (Å²) in [5.41, 5.74) is 1.30. The van der Waals surface area contributed by atoms with E-state index in [-0.39, 0.29) is 29.2 Å². The van der Waals surface area contributed by atoms with Gasteiger partial charge in [0.15, 0.2) is 0 Å². The fourth-order valence-electron chi connectivity index (χ4n) is 4.39. The van der Waals surface area contributed by atoms with Crippen molar-refractivity contribution in [2.24, 2.45) is 5.92 Å². The van der Waals surface area contributed by atoms with Crippen molar-refractivity contribution in [3.8, 4) is 0 Å². The number of benzene rings is 1. The summed E-state index contributed by atoms with van der Waals surface area (Å²) in [7, 11) is 0. The molecule has 4 aromatic rings. The minimum absolute atomic E-state index is 0.00595. The molecule has 1 aliphatic heterocycles. The largest absolute Gasteiger partial charge is 0.337 e. The molecule has 4 heterocycles. The number of rotatable bonds is 3. The van der Waals surface area contributed by atoms with Crippen molar-refractivity contribution in [1.82, 2.24) is 24.5 Å². The molecule has 0 aliphatic carbocycles. The van der Waals surface area contributed by atoms with Crippen LogP contribution in [0.15, 0.2) is 36.7 Å². The highest BCUT2D eigenvalue weighted by molar-refractivity contribution is 7.21. The molecule has 0 saturated carbocycles. The Morgan fingerprint density at radius 1 is 1.29 bits per heavy atom. The van der Waals surface area contributed by atoms with Crippen molar-refractivity contribution in [1.29, 1.82) is 0 Å². The Morgan fingerprint density at radius 2 is 2.10 bits per heavy atom. The van der Waals surface area contributed by atoms with Gasteiger partial charge in [0, 0.05) is 23.7 Å². The summed E-state index contributed by atoms with van der Waals surface area (Å²) >= 11 is 1.51. The summed E-state index contributed by atoms with van der Waals surface area (Å²) < 4.78 is 29.5. The second-order valence-corrected chi connectivity index (χ2v) is 9.11. The Bertz CT molecular complexity index is 1280. The van der Waals surface area contributed by atoms with E-state index in [4.69, 9.17) is 0 Å². The lowest BCUT2D eigenvalue weighted by Crippen LogP contribution is -2.42. The third-order valence-corrected chi connectivity index (χ3v) is 7.45. The number of carbonyl (C=O) groups is 1. The van der Waals surface area contributed by atoms with E-state index in [1.54, 1.807) is 0 Å². The summed E-state index contributed by atoms with van der Waals surface area (Å²) in [5.74, 6) is 0.210. The molecule has 9 heteroatoms. The van der Waals surface area contributed by atoms with Crippen LogP contribution in [0.3, 0.4) is 0 Å². The Labute approximate surface area is 181 Å². The van der Waals surface area contributed by atoms with Crippen LogP contribution in [0.1, 0.15) is 52.3 Å². The summed E-state index contributed by atoms with van der Waals surface area (Å²) in [5, 5.41) is 5.29. The average Bonchev–Trinajstić information content (AvgIpc) is 3.38. The Morgan fingerprint density at radius 3 is 2.87 bits per heavy atom. The van der Waals surface area contributed by atoms with E-state index in [1.165, 1.54) is 28.2 Å². The van der Waals surface area contributed by atoms with Gasteiger partial charge in [-0.15, -0.1) is 11.3 Å². The molecular formula is C22H21F2N5OS. The molecule has 1 aromatic carbocycles. The third kappa shape index (κ3) is 3.37. The molecule has 160 valence electrons. The number of likely N-dealkylation sites (tertiary alicyclic amines) is 1. The number of hydrogen-bond acceptors (Lipinski definition) is 5. The Hall–Kier alpha value is -2.94. The summed E-state index contributed by atoms with van der Waals surface area (Å²) in [6.45, 7) is 5.14. The van der Waals surface area contributed by atoms with Gasteiger partial charge in [0.25, 0.3) is 18.1 Å². The summed E-state index contributed by atoms with van der Waals surface area (Å²) in [4.78, 5) is 23.9. The molecule has 0 bridgehead atoms. The van der Waals surface area contributed by atoms with Gasteiger partial charge < -0.3 is 4.90 Å². The fourth-order valence-corrected chi connectivity index (χ4v) is 5.57. The van der Waals surface area contributed by atoms with Crippen LogP contribution in [0.4, 0.5) is 8.78 Å². The predicted molar refractivity (Wildman–Crippen MR) is 115 cm³/mol. The van der Waals surface area contributed by atoms with Gasteiger partial charge in [-0.05, 0) is 42.3 Å². The van der Waals surface area contributed by atoms with Crippen LogP contribution >= 0.6 is 11.3 Å². The first-order valence-corrected chi connectivity index (χ1v) is 11.0. The maximum absolute atomic E-state index is 13.4. The third-order valence-electron chi connectivity index (χ3n) is 6.19. The van der Waals surface area contributed by atoms with E-state index in [2.05, 4.69) is 22.0 Å². The van der Waals surface area contributed by atoms with Crippen molar-refractivity contribution in [3.05, 3.63) is 58.5 Å². The molecule has 1 saturated heterocycles. The van der Waals surface area contributed by atoms with Crippen molar-refractivity contribution >= 4 is 33.1 Å². The maximum atomic E-state index is 13.4. The average molecular weight is 442 g/mol. The zero-order chi connectivity index (χ0) is 21.7. The molecule has 0 unspecified atom stereocenters. The van der Waals surface area contributed by atoms with E-state index < -0.39 is 6.43 Å². The standard InChI is InChI=1S/C22H21F2N5OS/c1-12-7-8-28(21(30)19-13(2)14-5-3-4-6-18(14)31-19)10-15(12)17-9-16(20(23)24)27-22-25-11-26-29(17)22/h3-6,9,11-12,15,20H,7-8,10H2,1-2H3/t12-,15-/m1/s1. The number of piperidine rings is 1. The number of amides is 1. The van der Waals surface area contributed by atoms with Crippen molar-refractivity contribution in [3.63, 3.8) is 0 Å². The number of fused-ring (bicyclic) bond motifs is 2. The second-order valence-electron chi connectivity index (χ2n) is 8.05. The van der Waals surface area contributed by atoms with Crippen LogP contribution in [0.5, 0.6) is 0 Å². The minimum Gasteiger partial charge on any atom is -0.337 e. The van der Waals surface area contributed by atoms with Crippen molar-refractivity contribution < 1.29 is 13.6 Å². The first kappa shape index (κ1) is 20.0. The molecule has 0 N–H and O–H groups in total. The molecule has 6 nitrogen and oxygen atoms in total. The van der Waals surface area contributed by atoms with Gasteiger partial charge in [0.2, 0.25) is 0 Å². The number of aryl methyl sites for hydroxylation is 1. The summed E-state index contributed by atoms with van der Waals surface area (Å²) in [6.07, 6.45) is -0.598. The summed E-state index contributed by atoms with van der Waals surface area (Å²) in [6, 6.07) is 9.41. The number of aromatic nitrogens is 4. The fraction of sp³-hybridized carbons (Fsp3) is 0.364. The smallest absolute Gasteiger partial charge is 0.280 e. The van der Waals surface area contributed by atoms with Gasteiger partial charge in [0.1, 0.15) is 12.0 Å².